The summed E-state index contributed by atoms with van der Waals surface area (Å²) >= 11 is 0. The molecule has 5 nitrogen and oxygen atoms in total. The fourth-order valence-electron chi connectivity index (χ4n) is 1.92. The van der Waals surface area contributed by atoms with Gasteiger partial charge < -0.3 is 15.2 Å². The van der Waals surface area contributed by atoms with Crippen LogP contribution in [0.1, 0.15) is 11.4 Å². The van der Waals surface area contributed by atoms with Crippen LogP contribution in [-0.4, -0.2) is 29.0 Å². The quantitative estimate of drug-likeness (QED) is 0.631. The van der Waals surface area contributed by atoms with E-state index < -0.39 is 0 Å². The highest BCUT2D eigenvalue weighted by atomic mass is 15.1. The number of likely N-dealkylation sites (N-methyl/N-ethyl adjacent to an activating group) is 1. The first-order valence-corrected chi connectivity index (χ1v) is 6.21. The fourth-order valence-corrected chi connectivity index (χ4v) is 1.92. The van der Waals surface area contributed by atoms with Crippen LogP contribution in [0.3, 0.4) is 0 Å². The molecule has 0 aliphatic carbocycles. The first-order chi connectivity index (χ1) is 9.08. The highest BCUT2D eigenvalue weighted by molar-refractivity contribution is 5.95. The summed E-state index contributed by atoms with van der Waals surface area (Å²) in [6, 6.07) is 7.71. The summed E-state index contributed by atoms with van der Waals surface area (Å²) < 4.78 is 2.13. The van der Waals surface area contributed by atoms with Gasteiger partial charge in [-0.1, -0.05) is 0 Å². The smallest absolute Gasteiger partial charge is 0.122 e. The van der Waals surface area contributed by atoms with Crippen LogP contribution in [0, 0.1) is 12.3 Å². The van der Waals surface area contributed by atoms with E-state index in [4.69, 9.17) is 11.1 Å². The second-order valence-corrected chi connectivity index (χ2v) is 4.55. The highest BCUT2D eigenvalue weighted by Crippen LogP contribution is 2.13. The van der Waals surface area contributed by atoms with E-state index in [9.17, 15) is 0 Å². The molecule has 0 amide bonds. The molecule has 1 aromatic heterocycles. The lowest BCUT2D eigenvalue weighted by Crippen LogP contribution is -2.23. The monoisotopic (exact) mass is 257 g/mol. The zero-order chi connectivity index (χ0) is 13.8. The van der Waals surface area contributed by atoms with Crippen LogP contribution in [0.4, 0.5) is 5.69 Å². The van der Waals surface area contributed by atoms with Crippen LogP contribution in [0.25, 0.3) is 0 Å². The van der Waals surface area contributed by atoms with Gasteiger partial charge in [0.1, 0.15) is 11.7 Å². The number of benzene rings is 1. The van der Waals surface area contributed by atoms with Gasteiger partial charge >= 0.3 is 0 Å². The molecule has 0 saturated carbocycles. The van der Waals surface area contributed by atoms with Crippen LogP contribution in [0.5, 0.6) is 0 Å². The molecule has 5 heteroatoms. The molecular weight excluding hydrogens is 238 g/mol. The maximum atomic E-state index is 7.37. The summed E-state index contributed by atoms with van der Waals surface area (Å²) in [5.41, 5.74) is 7.30. The molecule has 2 rings (SSSR count). The Bertz CT molecular complexity index is 555. The molecule has 100 valence electrons. The van der Waals surface area contributed by atoms with Crippen LogP contribution < -0.4 is 10.6 Å². The van der Waals surface area contributed by atoms with Crippen LogP contribution in [0.15, 0.2) is 36.7 Å². The number of nitrogens with two attached hydrogens (primary N) is 1. The third-order valence-corrected chi connectivity index (χ3v) is 3.22. The minimum absolute atomic E-state index is 0.100. The maximum absolute atomic E-state index is 7.37. The highest BCUT2D eigenvalue weighted by Gasteiger charge is 2.03. The average Bonchev–Trinajstić information content (AvgIpc) is 2.81. The van der Waals surface area contributed by atoms with E-state index in [1.54, 1.807) is 0 Å². The molecule has 0 aliphatic rings. The Hall–Kier alpha value is -2.30. The number of nitrogen functional groups attached to an aromatic ring is 1. The van der Waals surface area contributed by atoms with Crippen LogP contribution in [0.2, 0.25) is 0 Å². The topological polar surface area (TPSA) is 70.9 Å². The number of nitrogens with zero attached hydrogens (tertiary/aromatic N) is 3. The summed E-state index contributed by atoms with van der Waals surface area (Å²) in [7, 11) is 2.05. The van der Waals surface area contributed by atoms with Crippen molar-refractivity contribution in [1.82, 2.24) is 9.55 Å². The van der Waals surface area contributed by atoms with Gasteiger partial charge in [0.05, 0.1) is 0 Å². The number of nitrogens with one attached hydrogen (secondary N) is 1. The van der Waals surface area contributed by atoms with Gasteiger partial charge in [-0.15, -0.1) is 0 Å². The number of imidazole rings is 1. The lowest BCUT2D eigenvalue weighted by Gasteiger charge is -2.20. The molecule has 0 bridgehead atoms. The zero-order valence-corrected chi connectivity index (χ0v) is 11.3. The van der Waals surface area contributed by atoms with E-state index in [0.29, 0.717) is 0 Å². The van der Waals surface area contributed by atoms with Gasteiger partial charge in [0, 0.05) is 43.8 Å². The number of rotatable bonds is 5. The average molecular weight is 257 g/mol. The number of hydrogen-bond acceptors (Lipinski definition) is 3. The first kappa shape index (κ1) is 13.1. The molecule has 2 aromatic rings. The van der Waals surface area contributed by atoms with Gasteiger partial charge in [-0.25, -0.2) is 4.98 Å². The van der Waals surface area contributed by atoms with E-state index >= 15 is 0 Å². The lowest BCUT2D eigenvalue weighted by atomic mass is 10.2. The second kappa shape index (κ2) is 5.56. The van der Waals surface area contributed by atoms with Gasteiger partial charge in [0.15, 0.2) is 0 Å². The Labute approximate surface area is 113 Å². The van der Waals surface area contributed by atoms with Crippen molar-refractivity contribution in [1.29, 1.82) is 5.41 Å². The molecule has 1 heterocycles. The van der Waals surface area contributed by atoms with E-state index in [0.717, 1.165) is 30.2 Å². The Balaban J connectivity index is 1.98. The minimum Gasteiger partial charge on any atom is -0.384 e. The van der Waals surface area contributed by atoms with E-state index in [1.165, 1.54) is 0 Å². The molecule has 3 N–H and O–H groups in total. The normalized spacial score (nSPS) is 10.4. The van der Waals surface area contributed by atoms with Crippen LogP contribution in [-0.2, 0) is 6.54 Å². The summed E-state index contributed by atoms with van der Waals surface area (Å²) in [4.78, 5) is 6.38. The third kappa shape index (κ3) is 3.13. The Morgan fingerprint density at radius 1 is 1.37 bits per heavy atom. The maximum Gasteiger partial charge on any atom is 0.122 e. The largest absolute Gasteiger partial charge is 0.384 e. The van der Waals surface area contributed by atoms with Crippen molar-refractivity contribution in [3.8, 4) is 0 Å². The van der Waals surface area contributed by atoms with Gasteiger partial charge in [0.2, 0.25) is 0 Å². The van der Waals surface area contributed by atoms with Crippen molar-refractivity contribution < 1.29 is 0 Å². The van der Waals surface area contributed by atoms with Crippen molar-refractivity contribution in [3.63, 3.8) is 0 Å². The Kier molecular flexibility index (Phi) is 3.85. The lowest BCUT2D eigenvalue weighted by molar-refractivity contribution is 0.664. The number of aryl methyl sites for hydroxylation is 1. The number of anilines is 1. The molecule has 0 aliphatic heterocycles. The molecule has 19 heavy (non-hydrogen) atoms. The van der Waals surface area contributed by atoms with E-state index in [2.05, 4.69) is 21.5 Å². The Morgan fingerprint density at radius 3 is 2.58 bits per heavy atom. The summed E-state index contributed by atoms with van der Waals surface area (Å²) in [6.07, 6.45) is 3.80. The predicted octanol–water partition coefficient (Wildman–Crippen LogP) is 1.61. The summed E-state index contributed by atoms with van der Waals surface area (Å²) in [5, 5.41) is 7.37. The fraction of sp³-hybridized carbons (Fsp3) is 0.286. The Morgan fingerprint density at radius 2 is 2.05 bits per heavy atom. The summed E-state index contributed by atoms with van der Waals surface area (Å²) in [6.45, 7) is 3.80. The van der Waals surface area contributed by atoms with Gasteiger partial charge in [-0.3, -0.25) is 5.41 Å². The number of aromatic nitrogens is 2. The third-order valence-electron chi connectivity index (χ3n) is 3.22. The second-order valence-electron chi connectivity index (χ2n) is 4.55. The SMILES string of the molecule is Cc1nccn1CCN(C)c1ccc(C(=N)N)cc1. The standard InChI is InChI=1S/C14H19N5/c1-11-17-7-8-19(11)10-9-18(2)13-5-3-12(4-6-13)14(15)16/h3-8H,9-10H2,1-2H3,(H3,15,16). The minimum atomic E-state index is 0.100. The van der Waals surface area contributed by atoms with E-state index in [1.807, 2.05) is 43.6 Å². The molecule has 0 fully saturated rings. The van der Waals surface area contributed by atoms with Crippen molar-refractivity contribution in [2.75, 3.05) is 18.5 Å². The van der Waals surface area contributed by atoms with E-state index in [-0.39, 0.29) is 5.84 Å². The first-order valence-electron chi connectivity index (χ1n) is 6.21. The molecular formula is C14H19N5. The number of hydrogen-bond donors (Lipinski definition) is 2. The van der Waals surface area contributed by atoms with Gasteiger partial charge in [-0.05, 0) is 31.2 Å². The van der Waals surface area contributed by atoms with Crippen molar-refractivity contribution in [2.45, 2.75) is 13.5 Å². The molecule has 0 spiro atoms. The molecule has 0 saturated heterocycles. The molecule has 1 aromatic carbocycles. The molecule has 0 unspecified atom stereocenters. The molecule has 0 radical (unpaired) electrons. The van der Waals surface area contributed by atoms with Crippen LogP contribution >= 0.6 is 0 Å². The zero-order valence-electron chi connectivity index (χ0n) is 11.3. The van der Waals surface area contributed by atoms with Gasteiger partial charge in [0.25, 0.3) is 0 Å². The molecule has 0 atom stereocenters. The predicted molar refractivity (Wildman–Crippen MR) is 77.7 cm³/mol. The van der Waals surface area contributed by atoms with Crippen molar-refractivity contribution in [2.24, 2.45) is 5.73 Å². The summed E-state index contributed by atoms with van der Waals surface area (Å²) in [5.74, 6) is 1.13. The number of amidine groups is 1. The van der Waals surface area contributed by atoms with Gasteiger partial charge in [-0.2, -0.15) is 0 Å². The van der Waals surface area contributed by atoms with Crippen molar-refractivity contribution in [3.05, 3.63) is 48.0 Å². The van der Waals surface area contributed by atoms with Crippen molar-refractivity contribution >= 4 is 11.5 Å².